The highest BCUT2D eigenvalue weighted by atomic mass is 19.3. The van der Waals surface area contributed by atoms with Crippen molar-refractivity contribution in [2.75, 3.05) is 32.8 Å². The zero-order valence-corrected chi connectivity index (χ0v) is 16.4. The summed E-state index contributed by atoms with van der Waals surface area (Å²) in [6.45, 7) is 5.77. The lowest BCUT2D eigenvalue weighted by Crippen LogP contribution is -2.47. The topological polar surface area (TPSA) is 61.6 Å². The number of carbonyl (C=O) groups excluding carboxylic acids is 1. The van der Waals surface area contributed by atoms with Crippen LogP contribution in [-0.2, 0) is 7.05 Å². The van der Waals surface area contributed by atoms with E-state index in [0.717, 1.165) is 12.1 Å². The summed E-state index contributed by atoms with van der Waals surface area (Å²) in [5.41, 5.74) is 1.29. The largest absolute Gasteiger partial charge is 0.394 e. The van der Waals surface area contributed by atoms with Gasteiger partial charge in [0.15, 0.2) is 0 Å². The first-order chi connectivity index (χ1) is 12.8. The molecule has 152 valence electrons. The zero-order valence-electron chi connectivity index (χ0n) is 16.4. The Kier molecular flexibility index (Phi) is 5.86. The second kappa shape index (κ2) is 7.83. The van der Waals surface area contributed by atoms with Crippen LogP contribution in [-0.4, -0.2) is 75.3 Å². The van der Waals surface area contributed by atoms with Crippen molar-refractivity contribution in [2.24, 2.45) is 18.9 Å². The molecule has 0 aliphatic carbocycles. The molecular formula is C19H30F2N4O2. The first kappa shape index (κ1) is 20.2. The van der Waals surface area contributed by atoms with E-state index in [2.05, 4.69) is 16.9 Å². The van der Waals surface area contributed by atoms with Crippen LogP contribution < -0.4 is 0 Å². The summed E-state index contributed by atoms with van der Waals surface area (Å²) in [7, 11) is 1.74. The molecule has 0 spiro atoms. The smallest absolute Gasteiger partial charge is 0.272 e. The van der Waals surface area contributed by atoms with E-state index in [1.807, 2.05) is 6.92 Å². The Bertz CT molecular complexity index is 669. The van der Waals surface area contributed by atoms with Crippen molar-refractivity contribution in [1.29, 1.82) is 0 Å². The number of halogens is 2. The molecule has 3 atom stereocenters. The van der Waals surface area contributed by atoms with E-state index in [1.54, 1.807) is 22.7 Å². The van der Waals surface area contributed by atoms with Crippen LogP contribution in [0.1, 0.15) is 42.4 Å². The van der Waals surface area contributed by atoms with Crippen LogP contribution in [0.4, 0.5) is 8.78 Å². The lowest BCUT2D eigenvalue weighted by molar-refractivity contribution is -0.0591. The third kappa shape index (κ3) is 4.16. The van der Waals surface area contributed by atoms with Crippen molar-refractivity contribution in [3.63, 3.8) is 0 Å². The van der Waals surface area contributed by atoms with Gasteiger partial charge in [-0.2, -0.15) is 5.10 Å². The van der Waals surface area contributed by atoms with Gasteiger partial charge in [0.25, 0.3) is 11.8 Å². The van der Waals surface area contributed by atoms with Crippen molar-refractivity contribution in [3.8, 4) is 0 Å². The van der Waals surface area contributed by atoms with Crippen LogP contribution >= 0.6 is 0 Å². The van der Waals surface area contributed by atoms with Gasteiger partial charge >= 0.3 is 0 Å². The molecule has 3 heterocycles. The predicted octanol–water partition coefficient (Wildman–Crippen LogP) is 1.92. The van der Waals surface area contributed by atoms with E-state index < -0.39 is 5.92 Å². The van der Waals surface area contributed by atoms with Gasteiger partial charge in [-0.15, -0.1) is 0 Å². The zero-order chi connectivity index (χ0) is 19.8. The molecule has 0 unspecified atom stereocenters. The van der Waals surface area contributed by atoms with Gasteiger partial charge in [0.1, 0.15) is 5.69 Å². The van der Waals surface area contributed by atoms with Gasteiger partial charge in [-0.1, -0.05) is 13.3 Å². The molecular weight excluding hydrogens is 354 g/mol. The van der Waals surface area contributed by atoms with E-state index in [1.165, 1.54) is 0 Å². The fourth-order valence-electron chi connectivity index (χ4n) is 4.56. The second-order valence-electron chi connectivity index (χ2n) is 7.99. The highest BCUT2D eigenvalue weighted by molar-refractivity contribution is 5.93. The maximum absolute atomic E-state index is 13.4. The van der Waals surface area contributed by atoms with Crippen molar-refractivity contribution >= 4 is 5.91 Å². The fourth-order valence-corrected chi connectivity index (χ4v) is 4.56. The van der Waals surface area contributed by atoms with Crippen molar-refractivity contribution in [1.82, 2.24) is 19.6 Å². The van der Waals surface area contributed by atoms with Gasteiger partial charge in [0.2, 0.25) is 0 Å². The number of aliphatic hydroxyl groups is 1. The van der Waals surface area contributed by atoms with Gasteiger partial charge in [0, 0.05) is 46.1 Å². The maximum atomic E-state index is 13.4. The van der Waals surface area contributed by atoms with Crippen molar-refractivity contribution in [2.45, 2.75) is 45.1 Å². The summed E-state index contributed by atoms with van der Waals surface area (Å²) < 4.78 is 28.5. The molecule has 1 amide bonds. The number of alkyl halides is 2. The fraction of sp³-hybridized carbons (Fsp3) is 0.789. The molecule has 0 saturated carbocycles. The van der Waals surface area contributed by atoms with Crippen LogP contribution in [0.2, 0.25) is 0 Å². The molecule has 0 bridgehead atoms. The van der Waals surface area contributed by atoms with E-state index >= 15 is 0 Å². The molecule has 8 heteroatoms. The quantitative estimate of drug-likeness (QED) is 0.843. The van der Waals surface area contributed by atoms with Crippen molar-refractivity contribution < 1.29 is 18.7 Å². The van der Waals surface area contributed by atoms with Gasteiger partial charge < -0.3 is 14.9 Å². The number of piperidine rings is 1. The Morgan fingerprint density at radius 1 is 1.37 bits per heavy atom. The number of likely N-dealkylation sites (tertiary alicyclic amines) is 2. The van der Waals surface area contributed by atoms with E-state index in [0.29, 0.717) is 31.9 Å². The summed E-state index contributed by atoms with van der Waals surface area (Å²) in [4.78, 5) is 16.9. The molecule has 2 fully saturated rings. The Morgan fingerprint density at radius 3 is 2.56 bits per heavy atom. The number of hydrogen-bond acceptors (Lipinski definition) is 4. The molecule has 2 aliphatic heterocycles. The first-order valence-corrected chi connectivity index (χ1v) is 9.78. The van der Waals surface area contributed by atoms with E-state index in [9.17, 15) is 18.7 Å². The third-order valence-electron chi connectivity index (χ3n) is 6.18. The molecule has 1 aromatic heterocycles. The number of carbonyl (C=O) groups is 1. The first-order valence-electron chi connectivity index (χ1n) is 9.78. The van der Waals surface area contributed by atoms with Crippen LogP contribution in [0.5, 0.6) is 0 Å². The minimum absolute atomic E-state index is 0.0880. The van der Waals surface area contributed by atoms with Crippen molar-refractivity contribution in [3.05, 3.63) is 17.5 Å². The highest BCUT2D eigenvalue weighted by Crippen LogP contribution is 2.35. The predicted molar refractivity (Wildman–Crippen MR) is 97.7 cm³/mol. The van der Waals surface area contributed by atoms with E-state index in [-0.39, 0.29) is 43.2 Å². The Hall–Kier alpha value is -1.54. The van der Waals surface area contributed by atoms with Gasteiger partial charge in [-0.05, 0) is 24.8 Å². The molecule has 1 N–H and O–H groups in total. The number of hydrogen-bond donors (Lipinski definition) is 1. The second-order valence-corrected chi connectivity index (χ2v) is 7.99. The minimum Gasteiger partial charge on any atom is -0.394 e. The highest BCUT2D eigenvalue weighted by Gasteiger charge is 2.45. The summed E-state index contributed by atoms with van der Waals surface area (Å²) in [5.74, 6) is -2.34. The Labute approximate surface area is 159 Å². The number of amides is 1. The van der Waals surface area contributed by atoms with Crippen LogP contribution in [0.15, 0.2) is 6.07 Å². The monoisotopic (exact) mass is 384 g/mol. The molecule has 0 aromatic carbocycles. The number of rotatable bonds is 5. The standard InChI is InChI=1S/C19H30F2N4O2/c1-4-14-10-25(18(27)16-9-13(2)22-23(16)3)17(12-26)15(14)11-24-7-5-19(20,21)6-8-24/h9,14-15,17,26H,4-8,10-12H2,1-3H3/t14-,15-,17-/m1/s1. The molecule has 6 nitrogen and oxygen atoms in total. The third-order valence-corrected chi connectivity index (χ3v) is 6.18. The number of aliphatic hydroxyl groups excluding tert-OH is 1. The number of nitrogens with zero attached hydrogens (tertiary/aromatic N) is 4. The molecule has 3 rings (SSSR count). The molecule has 2 saturated heterocycles. The summed E-state index contributed by atoms with van der Waals surface area (Å²) >= 11 is 0. The Morgan fingerprint density at radius 2 is 2.04 bits per heavy atom. The minimum atomic E-state index is -2.56. The Balaban J connectivity index is 1.74. The average Bonchev–Trinajstić information content (AvgIpc) is 3.15. The SMILES string of the molecule is CC[C@@H]1CN(C(=O)c2cc(C)nn2C)[C@H](CO)[C@@H]1CN1CCC(F)(F)CC1. The maximum Gasteiger partial charge on any atom is 0.272 e. The lowest BCUT2D eigenvalue weighted by Gasteiger charge is -2.36. The van der Waals surface area contributed by atoms with Gasteiger partial charge in [-0.3, -0.25) is 9.48 Å². The number of aromatic nitrogens is 2. The lowest BCUT2D eigenvalue weighted by atomic mass is 9.87. The number of aryl methyl sites for hydroxylation is 2. The van der Waals surface area contributed by atoms with Crippen LogP contribution in [0.3, 0.4) is 0 Å². The summed E-state index contributed by atoms with van der Waals surface area (Å²) in [6.07, 6.45) is 0.661. The molecule has 0 radical (unpaired) electrons. The molecule has 2 aliphatic rings. The van der Waals surface area contributed by atoms with E-state index in [4.69, 9.17) is 0 Å². The summed E-state index contributed by atoms with van der Waals surface area (Å²) in [5, 5.41) is 14.3. The van der Waals surface area contributed by atoms with Gasteiger partial charge in [0.05, 0.1) is 18.3 Å². The van der Waals surface area contributed by atoms with Gasteiger partial charge in [-0.25, -0.2) is 8.78 Å². The van der Waals surface area contributed by atoms with Crippen LogP contribution in [0.25, 0.3) is 0 Å². The molecule has 1 aromatic rings. The normalized spacial score (nSPS) is 28.7. The summed E-state index contributed by atoms with van der Waals surface area (Å²) in [6, 6.07) is 1.47. The van der Waals surface area contributed by atoms with Crippen LogP contribution in [0, 0.1) is 18.8 Å². The molecule has 27 heavy (non-hydrogen) atoms. The average molecular weight is 384 g/mol.